The normalized spacial score (nSPS) is 16.9. The van der Waals surface area contributed by atoms with E-state index in [1.54, 1.807) is 27.3 Å². The summed E-state index contributed by atoms with van der Waals surface area (Å²) < 4.78 is 8.91. The van der Waals surface area contributed by atoms with Crippen molar-refractivity contribution in [2.75, 3.05) is 6.54 Å². The zero-order chi connectivity index (χ0) is 24.6. The Morgan fingerprint density at radius 2 is 1.94 bits per heavy atom. The minimum absolute atomic E-state index is 0.131. The molecule has 3 aromatic rings. The molecule has 1 aliphatic heterocycles. The fourth-order valence-electron chi connectivity index (χ4n) is 4.64. The summed E-state index contributed by atoms with van der Waals surface area (Å²) in [7, 11) is 1.73. The van der Waals surface area contributed by atoms with Crippen LogP contribution in [0.3, 0.4) is 0 Å². The molecule has 0 N–H and O–H groups in total. The number of piperidine rings is 1. The first-order valence-corrected chi connectivity index (χ1v) is 12.1. The number of carbonyl (C=O) groups excluding carboxylic acids is 1. The van der Waals surface area contributed by atoms with Gasteiger partial charge in [-0.3, -0.25) is 9.13 Å². The average molecular weight is 466 g/mol. The standard InChI is InChI=1S/C26H35N5O3/c1-17(2)19-12-7-8-13-20(19)22-27-15-21-23(28-22)31(24(32)29(21)6)16-18-11-9-10-14-30(18)25(33)34-26(3,4)5/h7-8,12-13,15,17-18H,9-11,14,16H2,1-6H3. The molecule has 8 heteroatoms. The highest BCUT2D eigenvalue weighted by Crippen LogP contribution is 2.28. The van der Waals surface area contributed by atoms with Crippen molar-refractivity contribution in [3.63, 3.8) is 0 Å². The molecule has 1 unspecified atom stereocenters. The molecule has 1 fully saturated rings. The number of hydrogen-bond donors (Lipinski definition) is 0. The van der Waals surface area contributed by atoms with Gasteiger partial charge in [-0.05, 0) is 51.5 Å². The second-order valence-electron chi connectivity index (χ2n) is 10.4. The van der Waals surface area contributed by atoms with Crippen molar-refractivity contribution >= 4 is 17.3 Å². The van der Waals surface area contributed by atoms with Gasteiger partial charge in [0.25, 0.3) is 0 Å². The molecule has 3 heterocycles. The number of hydrogen-bond acceptors (Lipinski definition) is 5. The molecule has 0 aliphatic carbocycles. The smallest absolute Gasteiger partial charge is 0.410 e. The number of amides is 1. The Hall–Kier alpha value is -3.16. The van der Waals surface area contributed by atoms with Crippen molar-refractivity contribution in [3.05, 3.63) is 46.5 Å². The summed E-state index contributed by atoms with van der Waals surface area (Å²) in [6.45, 7) is 10.9. The first-order valence-electron chi connectivity index (χ1n) is 12.1. The minimum atomic E-state index is -0.568. The molecule has 1 atom stereocenters. The number of ether oxygens (including phenoxy) is 1. The Balaban J connectivity index is 1.74. The summed E-state index contributed by atoms with van der Waals surface area (Å²) in [5.41, 5.74) is 2.67. The van der Waals surface area contributed by atoms with E-state index in [0.29, 0.717) is 36.0 Å². The van der Waals surface area contributed by atoms with Crippen LogP contribution in [0.2, 0.25) is 0 Å². The van der Waals surface area contributed by atoms with Gasteiger partial charge in [0.15, 0.2) is 11.5 Å². The Morgan fingerprint density at radius 1 is 1.21 bits per heavy atom. The molecule has 4 rings (SSSR count). The molecule has 2 aromatic heterocycles. The van der Waals surface area contributed by atoms with Gasteiger partial charge in [-0.2, -0.15) is 0 Å². The third kappa shape index (κ3) is 4.72. The van der Waals surface area contributed by atoms with Gasteiger partial charge >= 0.3 is 11.8 Å². The number of benzene rings is 1. The summed E-state index contributed by atoms with van der Waals surface area (Å²) in [6.07, 6.45) is 4.14. The quantitative estimate of drug-likeness (QED) is 0.557. The zero-order valence-corrected chi connectivity index (χ0v) is 21.0. The fraction of sp³-hybridized carbons (Fsp3) is 0.538. The van der Waals surface area contributed by atoms with Crippen molar-refractivity contribution < 1.29 is 9.53 Å². The largest absolute Gasteiger partial charge is 0.444 e. The van der Waals surface area contributed by atoms with E-state index in [4.69, 9.17) is 9.72 Å². The van der Waals surface area contributed by atoms with Gasteiger partial charge in [-0.25, -0.2) is 19.6 Å². The van der Waals surface area contributed by atoms with Crippen LogP contribution in [0.5, 0.6) is 0 Å². The van der Waals surface area contributed by atoms with Crippen LogP contribution in [-0.4, -0.2) is 48.3 Å². The molecule has 1 saturated heterocycles. The number of aryl methyl sites for hydroxylation is 1. The summed E-state index contributed by atoms with van der Waals surface area (Å²) in [6, 6.07) is 7.98. The second-order valence-corrected chi connectivity index (χ2v) is 10.4. The highest BCUT2D eigenvalue weighted by atomic mass is 16.6. The van der Waals surface area contributed by atoms with E-state index in [0.717, 1.165) is 30.4 Å². The number of aromatic nitrogens is 4. The number of carbonyl (C=O) groups is 1. The van der Waals surface area contributed by atoms with Crippen LogP contribution in [0.15, 0.2) is 35.3 Å². The lowest BCUT2D eigenvalue weighted by Crippen LogP contribution is -2.48. The zero-order valence-electron chi connectivity index (χ0n) is 21.0. The van der Waals surface area contributed by atoms with Crippen molar-refractivity contribution in [2.24, 2.45) is 7.05 Å². The topological polar surface area (TPSA) is 82.2 Å². The Kier molecular flexibility index (Phi) is 6.51. The van der Waals surface area contributed by atoms with Crippen LogP contribution in [0.1, 0.15) is 65.4 Å². The fourth-order valence-corrected chi connectivity index (χ4v) is 4.64. The maximum atomic E-state index is 13.2. The molecule has 0 spiro atoms. The van der Waals surface area contributed by atoms with Gasteiger partial charge in [-0.15, -0.1) is 0 Å². The number of nitrogens with zero attached hydrogens (tertiary/aromatic N) is 5. The number of rotatable bonds is 4. The summed E-state index contributed by atoms with van der Waals surface area (Å²) >= 11 is 0. The SMILES string of the molecule is CC(C)c1ccccc1-c1ncc2c(n1)n(CC1CCCCN1C(=O)OC(C)(C)C)c(=O)n2C. The van der Waals surface area contributed by atoms with Crippen LogP contribution in [0.25, 0.3) is 22.6 Å². The first-order chi connectivity index (χ1) is 16.1. The van der Waals surface area contributed by atoms with Gasteiger partial charge < -0.3 is 9.64 Å². The highest BCUT2D eigenvalue weighted by Gasteiger charge is 2.32. The summed E-state index contributed by atoms with van der Waals surface area (Å²) in [4.78, 5) is 37.3. The molecular weight excluding hydrogens is 430 g/mol. The Bertz CT molecular complexity index is 1250. The van der Waals surface area contributed by atoms with E-state index in [9.17, 15) is 9.59 Å². The highest BCUT2D eigenvalue weighted by molar-refractivity contribution is 5.74. The molecule has 1 amide bonds. The van der Waals surface area contributed by atoms with Crippen molar-refractivity contribution in [3.8, 4) is 11.4 Å². The molecule has 182 valence electrons. The molecule has 8 nitrogen and oxygen atoms in total. The van der Waals surface area contributed by atoms with E-state index in [1.807, 2.05) is 39.0 Å². The van der Waals surface area contributed by atoms with Gasteiger partial charge in [-0.1, -0.05) is 38.1 Å². The van der Waals surface area contributed by atoms with Crippen LogP contribution in [-0.2, 0) is 18.3 Å². The Morgan fingerprint density at radius 3 is 2.65 bits per heavy atom. The number of fused-ring (bicyclic) bond motifs is 1. The predicted molar refractivity (Wildman–Crippen MR) is 133 cm³/mol. The number of imidazole rings is 1. The van der Waals surface area contributed by atoms with E-state index < -0.39 is 5.60 Å². The lowest BCUT2D eigenvalue weighted by Gasteiger charge is -2.36. The second kappa shape index (κ2) is 9.24. The Labute approximate surface area is 200 Å². The van der Waals surface area contributed by atoms with Crippen LogP contribution in [0.4, 0.5) is 4.79 Å². The van der Waals surface area contributed by atoms with E-state index in [2.05, 4.69) is 24.9 Å². The molecule has 1 aromatic carbocycles. The van der Waals surface area contributed by atoms with Crippen LogP contribution in [0, 0.1) is 0 Å². The minimum Gasteiger partial charge on any atom is -0.444 e. The maximum Gasteiger partial charge on any atom is 0.410 e. The third-order valence-corrected chi connectivity index (χ3v) is 6.36. The summed E-state index contributed by atoms with van der Waals surface area (Å²) in [5.74, 6) is 0.918. The number of likely N-dealkylation sites (tertiary alicyclic amines) is 1. The molecule has 0 radical (unpaired) electrons. The van der Waals surface area contributed by atoms with Crippen molar-refractivity contribution in [1.29, 1.82) is 0 Å². The van der Waals surface area contributed by atoms with Gasteiger partial charge in [0.05, 0.1) is 12.2 Å². The molecule has 0 saturated carbocycles. The lowest BCUT2D eigenvalue weighted by molar-refractivity contribution is 0.00779. The van der Waals surface area contributed by atoms with Gasteiger partial charge in [0, 0.05) is 25.7 Å². The predicted octanol–water partition coefficient (Wildman–Crippen LogP) is 4.71. The first kappa shape index (κ1) is 24.0. The lowest BCUT2D eigenvalue weighted by atomic mass is 9.97. The van der Waals surface area contributed by atoms with Gasteiger partial charge in [0.1, 0.15) is 11.1 Å². The van der Waals surface area contributed by atoms with Gasteiger partial charge in [0.2, 0.25) is 0 Å². The maximum absolute atomic E-state index is 13.2. The molecule has 0 bridgehead atoms. The van der Waals surface area contributed by atoms with E-state index >= 15 is 0 Å². The van der Waals surface area contributed by atoms with Crippen molar-refractivity contribution in [1.82, 2.24) is 24.0 Å². The van der Waals surface area contributed by atoms with E-state index in [1.165, 1.54) is 0 Å². The molecule has 1 aliphatic rings. The van der Waals surface area contributed by atoms with Crippen LogP contribution >= 0.6 is 0 Å². The van der Waals surface area contributed by atoms with Crippen LogP contribution < -0.4 is 5.69 Å². The third-order valence-electron chi connectivity index (χ3n) is 6.36. The van der Waals surface area contributed by atoms with Crippen molar-refractivity contribution in [2.45, 2.75) is 78.0 Å². The van der Waals surface area contributed by atoms with E-state index in [-0.39, 0.29) is 17.8 Å². The monoisotopic (exact) mass is 465 g/mol. The summed E-state index contributed by atoms with van der Waals surface area (Å²) in [5, 5.41) is 0. The molecule has 34 heavy (non-hydrogen) atoms. The average Bonchev–Trinajstić information content (AvgIpc) is 3.02. The molecular formula is C26H35N5O3.